The molecule has 114 valence electrons. The summed E-state index contributed by atoms with van der Waals surface area (Å²) in [6.45, 7) is -0.174. The second kappa shape index (κ2) is 6.02. The maximum Gasteiger partial charge on any atom is 0.200 e. The number of benzene rings is 2. The van der Waals surface area contributed by atoms with Crippen molar-refractivity contribution in [3.05, 3.63) is 52.6 Å². The van der Waals surface area contributed by atoms with Crippen LogP contribution in [0.25, 0.3) is 16.6 Å². The molecule has 3 rings (SSSR count). The molecule has 0 amide bonds. The van der Waals surface area contributed by atoms with Crippen LogP contribution in [0.2, 0.25) is 0 Å². The molecule has 0 saturated carbocycles. The minimum atomic E-state index is -1.06. The molecule has 0 unspecified atom stereocenters. The highest BCUT2D eigenvalue weighted by atomic mass is 79.9. The van der Waals surface area contributed by atoms with Gasteiger partial charge in [-0.15, -0.1) is 0 Å². The van der Waals surface area contributed by atoms with E-state index in [1.807, 2.05) is 18.2 Å². The van der Waals surface area contributed by atoms with Gasteiger partial charge < -0.3 is 9.47 Å². The Kier molecular flexibility index (Phi) is 4.08. The van der Waals surface area contributed by atoms with Gasteiger partial charge in [0.15, 0.2) is 18.4 Å². The fourth-order valence-electron chi connectivity index (χ4n) is 2.11. The quantitative estimate of drug-likeness (QED) is 0.651. The molecule has 7 heteroatoms. The van der Waals surface area contributed by atoms with E-state index in [1.54, 1.807) is 6.20 Å². The first kappa shape index (κ1) is 14.9. The molecule has 22 heavy (non-hydrogen) atoms. The molecule has 2 aromatic carbocycles. The Morgan fingerprint density at radius 3 is 2.82 bits per heavy atom. The van der Waals surface area contributed by atoms with E-state index < -0.39 is 11.6 Å². The van der Waals surface area contributed by atoms with Crippen molar-refractivity contribution < 1.29 is 18.3 Å². The molecule has 3 aromatic rings. The minimum Gasteiger partial charge on any atom is -0.464 e. The van der Waals surface area contributed by atoms with E-state index in [4.69, 9.17) is 9.47 Å². The second-order valence-corrected chi connectivity index (χ2v) is 5.47. The van der Waals surface area contributed by atoms with Crippen molar-refractivity contribution in [1.82, 2.24) is 9.78 Å². The van der Waals surface area contributed by atoms with Crippen molar-refractivity contribution in [2.45, 2.75) is 0 Å². The zero-order valence-corrected chi connectivity index (χ0v) is 13.1. The summed E-state index contributed by atoms with van der Waals surface area (Å²) in [6.07, 6.45) is 1.65. The average molecular weight is 369 g/mol. The Hall–Kier alpha value is -1.99. The van der Waals surface area contributed by atoms with Crippen LogP contribution in [0.1, 0.15) is 0 Å². The van der Waals surface area contributed by atoms with Crippen molar-refractivity contribution in [3.8, 4) is 11.4 Å². The zero-order chi connectivity index (χ0) is 15.7. The maximum atomic E-state index is 13.8. The lowest BCUT2D eigenvalue weighted by Gasteiger charge is -2.10. The number of fused-ring (bicyclic) bond motifs is 1. The fourth-order valence-corrected chi connectivity index (χ4v) is 2.49. The van der Waals surface area contributed by atoms with Crippen LogP contribution in [0.4, 0.5) is 8.78 Å². The summed E-state index contributed by atoms with van der Waals surface area (Å²) in [5, 5.41) is 5.09. The molecular formula is C15H11BrF2N2O2. The summed E-state index contributed by atoms with van der Waals surface area (Å²) in [6, 6.07) is 8.03. The number of rotatable bonds is 4. The zero-order valence-electron chi connectivity index (χ0n) is 11.5. The standard InChI is InChI=1S/C15H11BrF2N2O2/c1-21-8-22-14-6-11(5-12(17)15(14)18)20-13-3-2-10(16)4-9(13)7-19-20/h2-7H,8H2,1H3. The molecular weight excluding hydrogens is 358 g/mol. The van der Waals surface area contributed by atoms with Crippen LogP contribution >= 0.6 is 15.9 Å². The third-order valence-corrected chi connectivity index (χ3v) is 3.58. The lowest BCUT2D eigenvalue weighted by atomic mass is 10.2. The summed E-state index contributed by atoms with van der Waals surface area (Å²) in [5.74, 6) is -2.29. The largest absolute Gasteiger partial charge is 0.464 e. The Balaban J connectivity index is 2.12. The molecule has 1 aromatic heterocycles. The third-order valence-electron chi connectivity index (χ3n) is 3.09. The number of aromatic nitrogens is 2. The number of hydrogen-bond donors (Lipinski definition) is 0. The molecule has 0 bridgehead atoms. The highest BCUT2D eigenvalue weighted by Crippen LogP contribution is 2.27. The highest BCUT2D eigenvalue weighted by molar-refractivity contribution is 9.10. The van der Waals surface area contributed by atoms with Gasteiger partial charge in [0, 0.05) is 29.1 Å². The maximum absolute atomic E-state index is 13.8. The Morgan fingerprint density at radius 1 is 1.23 bits per heavy atom. The van der Waals surface area contributed by atoms with Gasteiger partial charge in [-0.3, -0.25) is 0 Å². The van der Waals surface area contributed by atoms with Gasteiger partial charge >= 0.3 is 0 Å². The van der Waals surface area contributed by atoms with Gasteiger partial charge in [-0.05, 0) is 18.2 Å². The van der Waals surface area contributed by atoms with Crippen LogP contribution in [0.3, 0.4) is 0 Å². The first-order valence-electron chi connectivity index (χ1n) is 6.34. The van der Waals surface area contributed by atoms with E-state index in [2.05, 4.69) is 21.0 Å². The van der Waals surface area contributed by atoms with E-state index in [0.29, 0.717) is 5.69 Å². The van der Waals surface area contributed by atoms with Crippen molar-refractivity contribution in [3.63, 3.8) is 0 Å². The molecule has 0 fully saturated rings. The van der Waals surface area contributed by atoms with E-state index in [9.17, 15) is 8.78 Å². The van der Waals surface area contributed by atoms with Crippen LogP contribution in [-0.4, -0.2) is 23.7 Å². The summed E-state index contributed by atoms with van der Waals surface area (Å²) < 4.78 is 39.7. The molecule has 0 N–H and O–H groups in total. The molecule has 0 atom stereocenters. The van der Waals surface area contributed by atoms with Crippen LogP contribution in [0.5, 0.6) is 5.75 Å². The van der Waals surface area contributed by atoms with Crippen molar-refractivity contribution in [1.29, 1.82) is 0 Å². The Bertz CT molecular complexity index is 836. The van der Waals surface area contributed by atoms with Crippen LogP contribution < -0.4 is 4.74 Å². The third kappa shape index (κ3) is 2.69. The van der Waals surface area contributed by atoms with Crippen LogP contribution in [0, 0.1) is 11.6 Å². The summed E-state index contributed by atoms with van der Waals surface area (Å²) in [4.78, 5) is 0. The molecule has 0 radical (unpaired) electrons. The molecule has 0 spiro atoms. The Morgan fingerprint density at radius 2 is 2.05 bits per heavy atom. The first-order chi connectivity index (χ1) is 10.6. The number of nitrogens with zero attached hydrogens (tertiary/aromatic N) is 2. The van der Waals surface area contributed by atoms with Gasteiger partial charge in [-0.2, -0.15) is 9.49 Å². The van der Waals surface area contributed by atoms with Gasteiger partial charge in [-0.1, -0.05) is 15.9 Å². The first-order valence-corrected chi connectivity index (χ1v) is 7.14. The van der Waals surface area contributed by atoms with Crippen molar-refractivity contribution in [2.24, 2.45) is 0 Å². The molecule has 0 saturated heterocycles. The fraction of sp³-hybridized carbons (Fsp3) is 0.133. The van der Waals surface area contributed by atoms with Crippen molar-refractivity contribution >= 4 is 26.8 Å². The summed E-state index contributed by atoms with van der Waals surface area (Å²) >= 11 is 3.38. The smallest absolute Gasteiger partial charge is 0.200 e. The summed E-state index contributed by atoms with van der Waals surface area (Å²) in [5.41, 5.74) is 1.13. The SMILES string of the molecule is COCOc1cc(-n2ncc3cc(Br)ccc32)cc(F)c1F. The van der Waals surface area contributed by atoms with E-state index in [1.165, 1.54) is 17.9 Å². The average Bonchev–Trinajstić information content (AvgIpc) is 2.91. The van der Waals surface area contributed by atoms with Gasteiger partial charge in [0.25, 0.3) is 0 Å². The number of ether oxygens (including phenoxy) is 2. The Labute approximate surface area is 133 Å². The second-order valence-electron chi connectivity index (χ2n) is 4.55. The minimum absolute atomic E-state index is 0.174. The van der Waals surface area contributed by atoms with Crippen molar-refractivity contribution in [2.75, 3.05) is 13.9 Å². The van der Waals surface area contributed by atoms with E-state index in [-0.39, 0.29) is 12.5 Å². The lowest BCUT2D eigenvalue weighted by molar-refractivity contribution is 0.0478. The van der Waals surface area contributed by atoms with Gasteiger partial charge in [0.2, 0.25) is 5.82 Å². The van der Waals surface area contributed by atoms with Gasteiger partial charge in [0.1, 0.15) is 0 Å². The molecule has 0 aliphatic rings. The van der Waals surface area contributed by atoms with Crippen LogP contribution in [0.15, 0.2) is 41.0 Å². The number of hydrogen-bond acceptors (Lipinski definition) is 3. The molecule has 0 aliphatic heterocycles. The van der Waals surface area contributed by atoms with E-state index >= 15 is 0 Å². The van der Waals surface area contributed by atoms with Gasteiger partial charge in [0.05, 0.1) is 17.4 Å². The molecule has 1 heterocycles. The molecule has 4 nitrogen and oxygen atoms in total. The predicted molar refractivity (Wildman–Crippen MR) is 81.2 cm³/mol. The highest BCUT2D eigenvalue weighted by Gasteiger charge is 2.15. The normalized spacial score (nSPS) is 11.1. The van der Waals surface area contributed by atoms with E-state index in [0.717, 1.165) is 21.4 Å². The summed E-state index contributed by atoms with van der Waals surface area (Å²) in [7, 11) is 1.40. The predicted octanol–water partition coefficient (Wildman–Crippen LogP) is 4.05. The topological polar surface area (TPSA) is 36.3 Å². The van der Waals surface area contributed by atoms with Crippen LogP contribution in [-0.2, 0) is 4.74 Å². The number of methoxy groups -OCH3 is 1. The lowest BCUT2D eigenvalue weighted by Crippen LogP contribution is -2.05. The number of halogens is 3. The molecule has 0 aliphatic carbocycles. The van der Waals surface area contributed by atoms with Gasteiger partial charge in [-0.25, -0.2) is 9.07 Å². The monoisotopic (exact) mass is 368 g/mol.